The Labute approximate surface area is 102 Å². The highest BCUT2D eigenvalue weighted by molar-refractivity contribution is 5.84. The lowest BCUT2D eigenvalue weighted by atomic mass is 9.76. The highest BCUT2D eigenvalue weighted by Crippen LogP contribution is 2.38. The van der Waals surface area contributed by atoms with Crippen LogP contribution in [0.4, 0.5) is 0 Å². The first-order valence-electron chi connectivity index (χ1n) is 6.69. The molecule has 96 valence electrons. The number of rotatable bonds is 2. The molecule has 1 N–H and O–H groups in total. The number of carboxylic acids is 1. The number of fused-ring (bicyclic) bond motifs is 1. The highest BCUT2D eigenvalue weighted by atomic mass is 16.4. The van der Waals surface area contributed by atoms with Crippen LogP contribution in [0.15, 0.2) is 0 Å². The number of piperidine rings is 1. The van der Waals surface area contributed by atoms with Crippen LogP contribution >= 0.6 is 0 Å². The minimum absolute atomic E-state index is 0.00833. The highest BCUT2D eigenvalue weighted by Gasteiger charge is 2.43. The Morgan fingerprint density at radius 3 is 2.53 bits per heavy atom. The summed E-state index contributed by atoms with van der Waals surface area (Å²) in [6.45, 7) is 1.81. The van der Waals surface area contributed by atoms with Gasteiger partial charge in [0.05, 0.1) is 0 Å². The fourth-order valence-electron chi connectivity index (χ4n) is 3.42. The van der Waals surface area contributed by atoms with Crippen LogP contribution in [-0.4, -0.2) is 34.0 Å². The van der Waals surface area contributed by atoms with Gasteiger partial charge in [-0.3, -0.25) is 4.79 Å². The van der Waals surface area contributed by atoms with E-state index in [4.69, 9.17) is 0 Å². The van der Waals surface area contributed by atoms with Gasteiger partial charge in [0, 0.05) is 12.5 Å². The van der Waals surface area contributed by atoms with E-state index in [1.807, 2.05) is 6.92 Å². The minimum Gasteiger partial charge on any atom is -0.480 e. The molecule has 17 heavy (non-hydrogen) atoms. The number of aliphatic carboxylic acids is 1. The quantitative estimate of drug-likeness (QED) is 0.802. The zero-order valence-electron chi connectivity index (χ0n) is 10.4. The molecule has 1 amide bonds. The molecule has 1 saturated carbocycles. The number of carbonyl (C=O) groups is 2. The molecule has 4 nitrogen and oxygen atoms in total. The van der Waals surface area contributed by atoms with E-state index in [-0.39, 0.29) is 11.9 Å². The van der Waals surface area contributed by atoms with Crippen molar-refractivity contribution in [2.45, 2.75) is 64.0 Å². The summed E-state index contributed by atoms with van der Waals surface area (Å²) in [5, 5.41) is 9.25. The summed E-state index contributed by atoms with van der Waals surface area (Å²) in [5.41, 5.74) is 0. The van der Waals surface area contributed by atoms with E-state index in [1.54, 1.807) is 4.90 Å². The minimum atomic E-state index is -0.837. The van der Waals surface area contributed by atoms with Crippen molar-refractivity contribution in [1.29, 1.82) is 0 Å². The maximum Gasteiger partial charge on any atom is 0.326 e. The Balaban J connectivity index is 2.21. The number of likely N-dealkylation sites (tertiary alicyclic amines) is 1. The third kappa shape index (κ3) is 2.31. The van der Waals surface area contributed by atoms with E-state index >= 15 is 0 Å². The van der Waals surface area contributed by atoms with Crippen LogP contribution in [0.2, 0.25) is 0 Å². The van der Waals surface area contributed by atoms with E-state index in [9.17, 15) is 14.7 Å². The summed E-state index contributed by atoms with van der Waals surface area (Å²) in [5.74, 6) is -0.292. The van der Waals surface area contributed by atoms with Gasteiger partial charge in [0.1, 0.15) is 6.04 Å². The standard InChI is InChI=1S/C13H21NO3/c1-2-12(15)14-10-6-4-3-5-9(10)7-8-11(14)13(16)17/h9-11H,2-8H2,1H3,(H,16,17). The fourth-order valence-corrected chi connectivity index (χ4v) is 3.42. The molecule has 0 bridgehead atoms. The molecule has 0 aromatic heterocycles. The van der Waals surface area contributed by atoms with E-state index in [0.717, 1.165) is 25.7 Å². The van der Waals surface area contributed by atoms with E-state index in [0.29, 0.717) is 18.8 Å². The van der Waals surface area contributed by atoms with Crippen molar-refractivity contribution in [3.8, 4) is 0 Å². The van der Waals surface area contributed by atoms with Gasteiger partial charge in [-0.1, -0.05) is 19.8 Å². The lowest BCUT2D eigenvalue weighted by molar-refractivity contribution is -0.158. The maximum absolute atomic E-state index is 12.0. The molecule has 0 radical (unpaired) electrons. The van der Waals surface area contributed by atoms with Crippen LogP contribution in [0.1, 0.15) is 51.9 Å². The van der Waals surface area contributed by atoms with Crippen LogP contribution in [0, 0.1) is 5.92 Å². The van der Waals surface area contributed by atoms with Crippen LogP contribution < -0.4 is 0 Å². The second-order valence-electron chi connectivity index (χ2n) is 5.20. The molecule has 3 atom stereocenters. The lowest BCUT2D eigenvalue weighted by Gasteiger charge is -2.47. The molecule has 0 spiro atoms. The van der Waals surface area contributed by atoms with Crippen molar-refractivity contribution in [2.24, 2.45) is 5.92 Å². The van der Waals surface area contributed by atoms with Gasteiger partial charge in [0.15, 0.2) is 0 Å². The average Bonchev–Trinajstić information content (AvgIpc) is 2.36. The average molecular weight is 239 g/mol. The van der Waals surface area contributed by atoms with Crippen LogP contribution in [0.25, 0.3) is 0 Å². The molecular weight excluding hydrogens is 218 g/mol. The number of nitrogens with zero attached hydrogens (tertiary/aromatic N) is 1. The molecule has 0 aromatic carbocycles. The smallest absolute Gasteiger partial charge is 0.326 e. The molecule has 1 aliphatic carbocycles. The van der Waals surface area contributed by atoms with Crippen molar-refractivity contribution in [3.05, 3.63) is 0 Å². The summed E-state index contributed by atoms with van der Waals surface area (Å²) in [4.78, 5) is 25.0. The molecule has 2 fully saturated rings. The molecule has 2 aliphatic rings. The van der Waals surface area contributed by atoms with Crippen molar-refractivity contribution in [1.82, 2.24) is 4.90 Å². The van der Waals surface area contributed by atoms with Gasteiger partial charge in [-0.25, -0.2) is 4.79 Å². The maximum atomic E-state index is 12.0. The lowest BCUT2D eigenvalue weighted by Crippen LogP contribution is -2.57. The normalized spacial score (nSPS) is 33.0. The van der Waals surface area contributed by atoms with Crippen molar-refractivity contribution >= 4 is 11.9 Å². The van der Waals surface area contributed by atoms with E-state index in [1.165, 1.54) is 6.42 Å². The fraction of sp³-hybridized carbons (Fsp3) is 0.846. The van der Waals surface area contributed by atoms with Gasteiger partial charge in [0.2, 0.25) is 5.91 Å². The van der Waals surface area contributed by atoms with Gasteiger partial charge in [-0.15, -0.1) is 0 Å². The molecule has 1 saturated heterocycles. The van der Waals surface area contributed by atoms with E-state index in [2.05, 4.69) is 0 Å². The molecule has 2 rings (SSSR count). The molecule has 3 unspecified atom stereocenters. The van der Waals surface area contributed by atoms with Crippen LogP contribution in [0.5, 0.6) is 0 Å². The molecule has 1 heterocycles. The summed E-state index contributed by atoms with van der Waals surface area (Å²) in [6.07, 6.45) is 6.50. The van der Waals surface area contributed by atoms with Crippen molar-refractivity contribution in [3.63, 3.8) is 0 Å². The number of carboxylic acid groups (broad SMARTS) is 1. The SMILES string of the molecule is CCC(=O)N1C(C(=O)O)CCC2CCCCC21. The molecular formula is C13H21NO3. The Bertz CT molecular complexity index is 316. The first kappa shape index (κ1) is 12.4. The Hall–Kier alpha value is -1.06. The monoisotopic (exact) mass is 239 g/mol. The van der Waals surface area contributed by atoms with E-state index < -0.39 is 12.0 Å². The molecule has 1 aliphatic heterocycles. The first-order valence-corrected chi connectivity index (χ1v) is 6.69. The zero-order valence-corrected chi connectivity index (χ0v) is 10.4. The largest absolute Gasteiger partial charge is 0.480 e. The molecule has 4 heteroatoms. The number of hydrogen-bond acceptors (Lipinski definition) is 2. The first-order chi connectivity index (χ1) is 8.15. The predicted octanol–water partition coefficient (Wildman–Crippen LogP) is 2.03. The van der Waals surface area contributed by atoms with Gasteiger partial charge < -0.3 is 10.0 Å². The van der Waals surface area contributed by atoms with Gasteiger partial charge in [-0.2, -0.15) is 0 Å². The summed E-state index contributed by atoms with van der Waals surface area (Å²) in [6, 6.07) is -0.396. The second-order valence-corrected chi connectivity index (χ2v) is 5.20. The van der Waals surface area contributed by atoms with Crippen molar-refractivity contribution in [2.75, 3.05) is 0 Å². The third-order valence-corrected chi connectivity index (χ3v) is 4.25. The summed E-state index contributed by atoms with van der Waals surface area (Å²) in [7, 11) is 0. The second kappa shape index (κ2) is 5.07. The Kier molecular flexibility index (Phi) is 3.69. The number of hydrogen-bond donors (Lipinski definition) is 1. The van der Waals surface area contributed by atoms with Gasteiger partial charge >= 0.3 is 5.97 Å². The summed E-state index contributed by atoms with van der Waals surface area (Å²) < 4.78 is 0. The van der Waals surface area contributed by atoms with Crippen LogP contribution in [-0.2, 0) is 9.59 Å². The molecule has 0 aromatic rings. The topological polar surface area (TPSA) is 57.6 Å². The Morgan fingerprint density at radius 1 is 1.18 bits per heavy atom. The van der Waals surface area contributed by atoms with Crippen molar-refractivity contribution < 1.29 is 14.7 Å². The third-order valence-electron chi connectivity index (χ3n) is 4.25. The van der Waals surface area contributed by atoms with Gasteiger partial charge in [-0.05, 0) is 31.6 Å². The zero-order chi connectivity index (χ0) is 12.4. The number of carbonyl (C=O) groups excluding carboxylic acids is 1. The number of amides is 1. The Morgan fingerprint density at radius 2 is 1.88 bits per heavy atom. The predicted molar refractivity (Wildman–Crippen MR) is 63.5 cm³/mol. The summed E-state index contributed by atoms with van der Waals surface area (Å²) >= 11 is 0. The van der Waals surface area contributed by atoms with Crippen LogP contribution in [0.3, 0.4) is 0 Å². The van der Waals surface area contributed by atoms with Gasteiger partial charge in [0.25, 0.3) is 0 Å².